The van der Waals surface area contributed by atoms with Crippen LogP contribution in [-0.4, -0.2) is 30.5 Å². The molecule has 1 saturated heterocycles. The van der Waals surface area contributed by atoms with Gasteiger partial charge in [-0.3, -0.25) is 9.78 Å². The Morgan fingerprint density at radius 1 is 1.37 bits per heavy atom. The maximum Gasteiger partial charge on any atom is 0.223 e. The Kier molecular flexibility index (Phi) is 5.82. The van der Waals surface area contributed by atoms with E-state index in [-0.39, 0.29) is 11.8 Å². The molecule has 1 amide bonds. The number of nitrogens with one attached hydrogen (secondary N) is 2. The first kappa shape index (κ1) is 14.0. The molecule has 1 aromatic heterocycles. The zero-order chi connectivity index (χ0) is 13.3. The molecule has 0 bridgehead atoms. The molecule has 2 N–H and O–H groups in total. The highest BCUT2D eigenvalue weighted by molar-refractivity contribution is 5.78. The van der Waals surface area contributed by atoms with Gasteiger partial charge in [-0.2, -0.15) is 0 Å². The van der Waals surface area contributed by atoms with Gasteiger partial charge in [-0.05, 0) is 57.3 Å². The largest absolute Gasteiger partial charge is 0.356 e. The lowest BCUT2D eigenvalue weighted by molar-refractivity contribution is -0.125. The lowest BCUT2D eigenvalue weighted by Gasteiger charge is -2.13. The molecule has 1 atom stereocenters. The number of rotatable bonds is 5. The lowest BCUT2D eigenvalue weighted by Crippen LogP contribution is -2.32. The van der Waals surface area contributed by atoms with Crippen molar-refractivity contribution in [3.63, 3.8) is 0 Å². The number of aryl methyl sites for hydroxylation is 1. The quantitative estimate of drug-likeness (QED) is 0.790. The number of pyridine rings is 1. The third-order valence-electron chi connectivity index (χ3n) is 3.58. The molecular formula is C15H23N3O. The minimum atomic E-state index is 0.199. The van der Waals surface area contributed by atoms with E-state index in [0.29, 0.717) is 0 Å². The van der Waals surface area contributed by atoms with Crippen LogP contribution in [0.15, 0.2) is 24.4 Å². The molecule has 19 heavy (non-hydrogen) atoms. The number of amides is 1. The smallest absolute Gasteiger partial charge is 0.223 e. The lowest BCUT2D eigenvalue weighted by atomic mass is 10.00. The van der Waals surface area contributed by atoms with Crippen LogP contribution in [0, 0.1) is 5.92 Å². The van der Waals surface area contributed by atoms with Crippen molar-refractivity contribution in [2.24, 2.45) is 5.92 Å². The Morgan fingerprint density at radius 3 is 3.16 bits per heavy atom. The number of nitrogens with zero attached hydrogens (tertiary/aromatic N) is 1. The summed E-state index contributed by atoms with van der Waals surface area (Å²) in [6, 6.07) is 5.95. The van der Waals surface area contributed by atoms with Crippen molar-refractivity contribution in [3.8, 4) is 0 Å². The van der Waals surface area contributed by atoms with Crippen LogP contribution in [0.3, 0.4) is 0 Å². The monoisotopic (exact) mass is 261 g/mol. The van der Waals surface area contributed by atoms with Gasteiger partial charge in [-0.15, -0.1) is 0 Å². The van der Waals surface area contributed by atoms with Crippen LogP contribution >= 0.6 is 0 Å². The standard InChI is InChI=1S/C15H23N3O/c19-15(13-5-3-9-16-12-8-13)18-11-4-7-14-6-1-2-10-17-14/h1-2,6,10,13,16H,3-5,7-9,11-12H2,(H,18,19). The van der Waals surface area contributed by atoms with E-state index in [1.54, 1.807) is 0 Å². The van der Waals surface area contributed by atoms with Crippen molar-refractivity contribution in [2.75, 3.05) is 19.6 Å². The number of aromatic nitrogens is 1. The van der Waals surface area contributed by atoms with Gasteiger partial charge in [0.1, 0.15) is 0 Å². The highest BCUT2D eigenvalue weighted by atomic mass is 16.1. The molecule has 0 radical (unpaired) electrons. The highest BCUT2D eigenvalue weighted by Crippen LogP contribution is 2.13. The molecule has 0 aliphatic carbocycles. The summed E-state index contributed by atoms with van der Waals surface area (Å²) in [5, 5.41) is 6.39. The minimum absolute atomic E-state index is 0.199. The SMILES string of the molecule is O=C(NCCCc1ccccn1)C1CCCNCC1. The predicted molar refractivity (Wildman–Crippen MR) is 75.8 cm³/mol. The van der Waals surface area contributed by atoms with E-state index in [9.17, 15) is 4.79 Å². The Bertz CT molecular complexity index is 372. The van der Waals surface area contributed by atoms with Crippen LogP contribution in [0.4, 0.5) is 0 Å². The molecule has 1 unspecified atom stereocenters. The molecule has 4 nitrogen and oxygen atoms in total. The topological polar surface area (TPSA) is 54.0 Å². The van der Waals surface area contributed by atoms with Crippen LogP contribution in [-0.2, 0) is 11.2 Å². The molecule has 4 heteroatoms. The minimum Gasteiger partial charge on any atom is -0.356 e. The summed E-state index contributed by atoms with van der Waals surface area (Å²) in [6.07, 6.45) is 6.77. The molecule has 1 aromatic rings. The summed E-state index contributed by atoms with van der Waals surface area (Å²) in [7, 11) is 0. The fraction of sp³-hybridized carbons (Fsp3) is 0.600. The average molecular weight is 261 g/mol. The van der Waals surface area contributed by atoms with E-state index in [1.807, 2.05) is 24.4 Å². The summed E-state index contributed by atoms with van der Waals surface area (Å²) in [6.45, 7) is 2.76. The first-order chi connectivity index (χ1) is 9.36. The van der Waals surface area contributed by atoms with Gasteiger partial charge in [0.2, 0.25) is 5.91 Å². The Morgan fingerprint density at radius 2 is 2.32 bits per heavy atom. The van der Waals surface area contributed by atoms with Crippen molar-refractivity contribution in [3.05, 3.63) is 30.1 Å². The maximum atomic E-state index is 12.0. The van der Waals surface area contributed by atoms with E-state index >= 15 is 0 Å². The van der Waals surface area contributed by atoms with E-state index in [0.717, 1.165) is 57.4 Å². The third kappa shape index (κ3) is 4.99. The third-order valence-corrected chi connectivity index (χ3v) is 3.58. The van der Waals surface area contributed by atoms with E-state index in [2.05, 4.69) is 15.6 Å². The second kappa shape index (κ2) is 7.89. The van der Waals surface area contributed by atoms with Crippen LogP contribution in [0.5, 0.6) is 0 Å². The van der Waals surface area contributed by atoms with Gasteiger partial charge in [0, 0.05) is 24.4 Å². The Balaban J connectivity index is 1.63. The average Bonchev–Trinajstić information content (AvgIpc) is 2.73. The van der Waals surface area contributed by atoms with Gasteiger partial charge in [0.05, 0.1) is 0 Å². The van der Waals surface area contributed by atoms with Gasteiger partial charge < -0.3 is 10.6 Å². The number of hydrogen-bond acceptors (Lipinski definition) is 3. The Hall–Kier alpha value is -1.42. The first-order valence-electron chi connectivity index (χ1n) is 7.24. The maximum absolute atomic E-state index is 12.0. The molecular weight excluding hydrogens is 238 g/mol. The second-order valence-corrected chi connectivity index (χ2v) is 5.09. The van der Waals surface area contributed by atoms with Gasteiger partial charge in [0.25, 0.3) is 0 Å². The summed E-state index contributed by atoms with van der Waals surface area (Å²) < 4.78 is 0. The van der Waals surface area contributed by atoms with Crippen molar-refractivity contribution in [1.82, 2.24) is 15.6 Å². The van der Waals surface area contributed by atoms with Crippen LogP contribution in [0.25, 0.3) is 0 Å². The summed E-state index contributed by atoms with van der Waals surface area (Å²) in [4.78, 5) is 16.3. The van der Waals surface area contributed by atoms with Crippen LogP contribution < -0.4 is 10.6 Å². The fourth-order valence-electron chi connectivity index (χ4n) is 2.45. The second-order valence-electron chi connectivity index (χ2n) is 5.09. The summed E-state index contributed by atoms with van der Waals surface area (Å²) in [5.41, 5.74) is 1.09. The first-order valence-corrected chi connectivity index (χ1v) is 7.24. The molecule has 1 aliphatic rings. The normalized spacial score (nSPS) is 19.7. The Labute approximate surface area is 115 Å². The number of carbonyl (C=O) groups is 1. The molecule has 2 rings (SSSR count). The van der Waals surface area contributed by atoms with Crippen molar-refractivity contribution >= 4 is 5.91 Å². The van der Waals surface area contributed by atoms with Crippen LogP contribution in [0.1, 0.15) is 31.4 Å². The van der Waals surface area contributed by atoms with Gasteiger partial charge in [-0.25, -0.2) is 0 Å². The zero-order valence-electron chi connectivity index (χ0n) is 11.4. The zero-order valence-corrected chi connectivity index (χ0v) is 11.4. The van der Waals surface area contributed by atoms with E-state index in [4.69, 9.17) is 0 Å². The summed E-state index contributed by atoms with van der Waals surface area (Å²) in [5.74, 6) is 0.426. The van der Waals surface area contributed by atoms with Crippen molar-refractivity contribution in [2.45, 2.75) is 32.1 Å². The molecule has 0 spiro atoms. The van der Waals surface area contributed by atoms with Gasteiger partial charge in [0.15, 0.2) is 0 Å². The molecule has 2 heterocycles. The molecule has 0 saturated carbocycles. The van der Waals surface area contributed by atoms with Crippen molar-refractivity contribution in [1.29, 1.82) is 0 Å². The highest BCUT2D eigenvalue weighted by Gasteiger charge is 2.18. The molecule has 1 fully saturated rings. The molecule has 0 aromatic carbocycles. The van der Waals surface area contributed by atoms with Gasteiger partial charge in [-0.1, -0.05) is 6.07 Å². The number of hydrogen-bond donors (Lipinski definition) is 2. The molecule has 104 valence electrons. The fourth-order valence-corrected chi connectivity index (χ4v) is 2.45. The van der Waals surface area contributed by atoms with E-state index < -0.39 is 0 Å². The van der Waals surface area contributed by atoms with Crippen molar-refractivity contribution < 1.29 is 4.79 Å². The van der Waals surface area contributed by atoms with Crippen LogP contribution in [0.2, 0.25) is 0 Å². The van der Waals surface area contributed by atoms with Gasteiger partial charge >= 0.3 is 0 Å². The predicted octanol–water partition coefficient (Wildman–Crippen LogP) is 1.52. The number of carbonyl (C=O) groups excluding carboxylic acids is 1. The molecule has 1 aliphatic heterocycles. The summed E-state index contributed by atoms with van der Waals surface area (Å²) >= 11 is 0. The van der Waals surface area contributed by atoms with E-state index in [1.165, 1.54) is 0 Å².